The Morgan fingerprint density at radius 3 is 2.90 bits per heavy atom. The van der Waals surface area contributed by atoms with E-state index in [0.29, 0.717) is 0 Å². The standard InChI is InChI=1S/C16H25N3O/c20-16-5-1-2-9-18(16)10-11-19(15-6-7-15)13-14-4-3-8-17-12-14/h1-2,5,9,14-15,17H,3-4,6-8,10-13H2. The van der Waals surface area contributed by atoms with Crippen LogP contribution >= 0.6 is 0 Å². The summed E-state index contributed by atoms with van der Waals surface area (Å²) in [5.74, 6) is 0.789. The molecular formula is C16H25N3O. The SMILES string of the molecule is O=c1ccccn1CCN(CC1CCCNC1)C1CC1. The summed E-state index contributed by atoms with van der Waals surface area (Å²) in [7, 11) is 0. The number of aromatic nitrogens is 1. The highest BCUT2D eigenvalue weighted by molar-refractivity contribution is 4.94. The highest BCUT2D eigenvalue weighted by atomic mass is 16.1. The molecule has 1 atom stereocenters. The summed E-state index contributed by atoms with van der Waals surface area (Å²) < 4.78 is 1.83. The first-order valence-corrected chi connectivity index (χ1v) is 7.93. The molecule has 3 rings (SSSR count). The van der Waals surface area contributed by atoms with E-state index in [-0.39, 0.29) is 5.56 Å². The molecule has 2 heterocycles. The maximum Gasteiger partial charge on any atom is 0.250 e. The third kappa shape index (κ3) is 3.70. The second-order valence-corrected chi connectivity index (χ2v) is 6.17. The summed E-state index contributed by atoms with van der Waals surface area (Å²) in [6.45, 7) is 5.36. The molecule has 4 nitrogen and oxygen atoms in total. The van der Waals surface area contributed by atoms with E-state index in [4.69, 9.17) is 0 Å². The van der Waals surface area contributed by atoms with Gasteiger partial charge in [-0.2, -0.15) is 0 Å². The summed E-state index contributed by atoms with van der Waals surface area (Å²) in [6.07, 6.45) is 7.23. The molecule has 1 unspecified atom stereocenters. The van der Waals surface area contributed by atoms with Crippen LogP contribution in [0.5, 0.6) is 0 Å². The minimum absolute atomic E-state index is 0.113. The Morgan fingerprint density at radius 1 is 1.30 bits per heavy atom. The monoisotopic (exact) mass is 275 g/mol. The maximum absolute atomic E-state index is 11.7. The predicted molar refractivity (Wildman–Crippen MR) is 80.9 cm³/mol. The summed E-state index contributed by atoms with van der Waals surface area (Å²) >= 11 is 0. The normalized spacial score (nSPS) is 23.1. The Labute approximate surface area is 120 Å². The third-order valence-electron chi connectivity index (χ3n) is 4.48. The third-order valence-corrected chi connectivity index (χ3v) is 4.48. The lowest BCUT2D eigenvalue weighted by molar-refractivity contribution is 0.193. The van der Waals surface area contributed by atoms with E-state index in [0.717, 1.165) is 31.6 Å². The smallest absolute Gasteiger partial charge is 0.250 e. The van der Waals surface area contributed by atoms with Gasteiger partial charge in [0, 0.05) is 37.9 Å². The largest absolute Gasteiger partial charge is 0.316 e. The summed E-state index contributed by atoms with van der Waals surface area (Å²) in [6, 6.07) is 6.17. The van der Waals surface area contributed by atoms with Crippen molar-refractivity contribution < 1.29 is 0 Å². The van der Waals surface area contributed by atoms with Gasteiger partial charge < -0.3 is 9.88 Å². The van der Waals surface area contributed by atoms with E-state index in [1.165, 1.54) is 38.8 Å². The number of hydrogen-bond acceptors (Lipinski definition) is 3. The van der Waals surface area contributed by atoms with Gasteiger partial charge in [-0.05, 0) is 50.8 Å². The number of pyridine rings is 1. The molecule has 1 saturated heterocycles. The first kappa shape index (κ1) is 13.8. The van der Waals surface area contributed by atoms with Crippen molar-refractivity contribution >= 4 is 0 Å². The zero-order chi connectivity index (χ0) is 13.8. The molecule has 1 aromatic rings. The highest BCUT2D eigenvalue weighted by Crippen LogP contribution is 2.28. The van der Waals surface area contributed by atoms with E-state index < -0.39 is 0 Å². The van der Waals surface area contributed by atoms with Crippen LogP contribution in [-0.4, -0.2) is 41.7 Å². The molecule has 2 fully saturated rings. The van der Waals surface area contributed by atoms with Gasteiger partial charge in [0.25, 0.3) is 5.56 Å². The fourth-order valence-electron chi connectivity index (χ4n) is 3.16. The molecule has 1 aromatic heterocycles. The van der Waals surface area contributed by atoms with Crippen molar-refractivity contribution in [3.63, 3.8) is 0 Å². The molecule has 4 heteroatoms. The van der Waals surface area contributed by atoms with Crippen molar-refractivity contribution in [1.82, 2.24) is 14.8 Å². The number of piperidine rings is 1. The molecule has 0 amide bonds. The minimum atomic E-state index is 0.113. The lowest BCUT2D eigenvalue weighted by Gasteiger charge is -2.30. The molecular weight excluding hydrogens is 250 g/mol. The lowest BCUT2D eigenvalue weighted by atomic mass is 9.99. The molecule has 0 spiro atoms. The van der Waals surface area contributed by atoms with E-state index >= 15 is 0 Å². The average molecular weight is 275 g/mol. The Kier molecular flexibility index (Phi) is 4.53. The van der Waals surface area contributed by atoms with E-state index in [1.807, 2.05) is 22.9 Å². The average Bonchev–Trinajstić information content (AvgIpc) is 3.31. The van der Waals surface area contributed by atoms with Crippen LogP contribution in [0.2, 0.25) is 0 Å². The van der Waals surface area contributed by atoms with Crippen molar-refractivity contribution in [2.45, 2.75) is 38.3 Å². The predicted octanol–water partition coefficient (Wildman–Crippen LogP) is 1.31. The van der Waals surface area contributed by atoms with Crippen molar-refractivity contribution in [1.29, 1.82) is 0 Å². The van der Waals surface area contributed by atoms with Gasteiger partial charge in [-0.25, -0.2) is 0 Å². The van der Waals surface area contributed by atoms with Gasteiger partial charge in [-0.1, -0.05) is 6.07 Å². The van der Waals surface area contributed by atoms with Gasteiger partial charge in [0.1, 0.15) is 0 Å². The Balaban J connectivity index is 1.54. The fraction of sp³-hybridized carbons (Fsp3) is 0.688. The molecule has 0 radical (unpaired) electrons. The van der Waals surface area contributed by atoms with E-state index in [2.05, 4.69) is 10.2 Å². The van der Waals surface area contributed by atoms with Crippen LogP contribution in [0.25, 0.3) is 0 Å². The second kappa shape index (κ2) is 6.55. The van der Waals surface area contributed by atoms with Crippen LogP contribution in [0.3, 0.4) is 0 Å². The van der Waals surface area contributed by atoms with Gasteiger partial charge in [0.15, 0.2) is 0 Å². The van der Waals surface area contributed by atoms with Crippen molar-refractivity contribution in [2.24, 2.45) is 5.92 Å². The molecule has 0 bridgehead atoms. The summed E-state index contributed by atoms with van der Waals surface area (Å²) in [5, 5.41) is 3.50. The molecule has 1 saturated carbocycles. The van der Waals surface area contributed by atoms with Crippen LogP contribution in [0, 0.1) is 5.92 Å². The number of nitrogens with zero attached hydrogens (tertiary/aromatic N) is 2. The molecule has 2 aliphatic rings. The van der Waals surface area contributed by atoms with E-state index in [1.54, 1.807) is 6.07 Å². The molecule has 1 aliphatic heterocycles. The van der Waals surface area contributed by atoms with Gasteiger partial charge in [0.05, 0.1) is 0 Å². The number of hydrogen-bond donors (Lipinski definition) is 1. The molecule has 110 valence electrons. The van der Waals surface area contributed by atoms with Crippen LogP contribution in [-0.2, 0) is 6.54 Å². The topological polar surface area (TPSA) is 37.3 Å². The highest BCUT2D eigenvalue weighted by Gasteiger charge is 2.30. The molecule has 20 heavy (non-hydrogen) atoms. The van der Waals surface area contributed by atoms with E-state index in [9.17, 15) is 4.79 Å². The Bertz CT molecular complexity index is 475. The molecule has 1 N–H and O–H groups in total. The quantitative estimate of drug-likeness (QED) is 0.850. The fourth-order valence-corrected chi connectivity index (χ4v) is 3.16. The van der Waals surface area contributed by atoms with Crippen LogP contribution in [0.4, 0.5) is 0 Å². The zero-order valence-electron chi connectivity index (χ0n) is 12.1. The molecule has 0 aromatic carbocycles. The molecule has 1 aliphatic carbocycles. The zero-order valence-corrected chi connectivity index (χ0v) is 12.1. The van der Waals surface area contributed by atoms with Gasteiger partial charge in [-0.3, -0.25) is 9.69 Å². The summed E-state index contributed by atoms with van der Waals surface area (Å²) in [5.41, 5.74) is 0.113. The first-order valence-electron chi connectivity index (χ1n) is 7.93. The minimum Gasteiger partial charge on any atom is -0.316 e. The second-order valence-electron chi connectivity index (χ2n) is 6.17. The van der Waals surface area contributed by atoms with Crippen LogP contribution in [0.1, 0.15) is 25.7 Å². The van der Waals surface area contributed by atoms with Crippen LogP contribution < -0.4 is 10.9 Å². The first-order chi connectivity index (χ1) is 9.83. The van der Waals surface area contributed by atoms with Gasteiger partial charge >= 0.3 is 0 Å². The number of rotatable bonds is 6. The summed E-state index contributed by atoms with van der Waals surface area (Å²) in [4.78, 5) is 14.3. The van der Waals surface area contributed by atoms with Crippen molar-refractivity contribution in [3.05, 3.63) is 34.7 Å². The van der Waals surface area contributed by atoms with Crippen molar-refractivity contribution in [3.8, 4) is 0 Å². The maximum atomic E-state index is 11.7. The van der Waals surface area contributed by atoms with Gasteiger partial charge in [-0.15, -0.1) is 0 Å². The van der Waals surface area contributed by atoms with Gasteiger partial charge in [0.2, 0.25) is 0 Å². The number of nitrogens with one attached hydrogen (secondary N) is 1. The Morgan fingerprint density at radius 2 is 2.20 bits per heavy atom. The Hall–Kier alpha value is -1.13. The lowest BCUT2D eigenvalue weighted by Crippen LogP contribution is -2.41. The van der Waals surface area contributed by atoms with Crippen LogP contribution in [0.15, 0.2) is 29.2 Å². The van der Waals surface area contributed by atoms with Crippen molar-refractivity contribution in [2.75, 3.05) is 26.2 Å².